The molecule has 3 rings (SSSR count). The molecular weight excluding hydrogens is 470 g/mol. The van der Waals surface area contributed by atoms with E-state index in [2.05, 4.69) is 35.1 Å². The van der Waals surface area contributed by atoms with Gasteiger partial charge in [0.15, 0.2) is 0 Å². The fourth-order valence-corrected chi connectivity index (χ4v) is 6.66. The molecule has 2 amide bonds. The van der Waals surface area contributed by atoms with Crippen LogP contribution in [-0.4, -0.2) is 68.7 Å². The fraction of sp³-hybridized carbons (Fsp3) is 0.759. The van der Waals surface area contributed by atoms with Crippen LogP contribution < -0.4 is 10.6 Å². The van der Waals surface area contributed by atoms with Crippen molar-refractivity contribution in [2.24, 2.45) is 11.8 Å². The average molecular weight is 520 g/mol. The summed E-state index contributed by atoms with van der Waals surface area (Å²) in [6.45, 7) is 2.84. The predicted octanol–water partition coefficient (Wildman–Crippen LogP) is 5.39. The Labute approximate surface area is 223 Å². The highest BCUT2D eigenvalue weighted by Crippen LogP contribution is 2.40. The molecule has 1 saturated carbocycles. The lowest BCUT2D eigenvalue weighted by molar-refractivity contribution is -0.0565. The number of rotatable bonds is 13. The molecule has 36 heavy (non-hydrogen) atoms. The summed E-state index contributed by atoms with van der Waals surface area (Å²) in [7, 11) is 3.69. The number of hydrogen-bond donors (Lipinski definition) is 3. The lowest BCUT2D eigenvalue weighted by Gasteiger charge is -2.43. The number of hydrogen-bond acceptors (Lipinski definition) is 5. The van der Waals surface area contributed by atoms with Gasteiger partial charge in [-0.15, -0.1) is 11.8 Å². The average Bonchev–Trinajstić information content (AvgIpc) is 2.91. The number of thioether (sulfide) groups is 1. The summed E-state index contributed by atoms with van der Waals surface area (Å²) in [6, 6.07) is 8.50. The lowest BCUT2D eigenvalue weighted by Crippen LogP contribution is -2.54. The Morgan fingerprint density at radius 3 is 2.75 bits per heavy atom. The van der Waals surface area contributed by atoms with E-state index in [0.717, 1.165) is 55.7 Å². The highest BCUT2D eigenvalue weighted by Gasteiger charge is 2.41. The van der Waals surface area contributed by atoms with Crippen molar-refractivity contribution in [3.63, 3.8) is 0 Å². The molecule has 1 aromatic carbocycles. The van der Waals surface area contributed by atoms with E-state index < -0.39 is 5.60 Å². The molecule has 0 bridgehead atoms. The number of nitrogens with one attached hydrogen (secondary N) is 2. The van der Waals surface area contributed by atoms with Crippen molar-refractivity contribution < 1.29 is 14.6 Å². The number of benzene rings is 1. The third kappa shape index (κ3) is 8.37. The zero-order chi connectivity index (χ0) is 25.8. The number of methoxy groups -OCH3 is 1. The molecule has 1 saturated heterocycles. The Bertz CT molecular complexity index is 789. The van der Waals surface area contributed by atoms with Crippen molar-refractivity contribution in [2.75, 3.05) is 46.7 Å². The van der Waals surface area contributed by atoms with Gasteiger partial charge in [-0.05, 0) is 75.4 Å². The SMILES string of the molecule is CNC[C@H](CC1CCCCC1)NC(=O)N1CCC[C@@H]([C@@](O)(CCCCOC)c2cccc(SC)c2)C1. The van der Waals surface area contributed by atoms with Gasteiger partial charge in [0, 0.05) is 50.2 Å². The maximum atomic E-state index is 13.4. The second kappa shape index (κ2) is 15.2. The topological polar surface area (TPSA) is 73.8 Å². The molecule has 6 nitrogen and oxygen atoms in total. The molecule has 1 aromatic rings. The number of carbonyl (C=O) groups excluding carboxylic acids is 1. The maximum Gasteiger partial charge on any atom is 0.317 e. The van der Waals surface area contributed by atoms with E-state index in [4.69, 9.17) is 4.74 Å². The van der Waals surface area contributed by atoms with Crippen LogP contribution in [0.3, 0.4) is 0 Å². The number of ether oxygens (including phenoxy) is 1. The van der Waals surface area contributed by atoms with Crippen molar-refractivity contribution in [1.29, 1.82) is 0 Å². The number of unbranched alkanes of at least 4 members (excludes halogenated alkanes) is 1. The summed E-state index contributed by atoms with van der Waals surface area (Å²) < 4.78 is 5.25. The molecule has 3 N–H and O–H groups in total. The molecule has 3 atom stereocenters. The van der Waals surface area contributed by atoms with E-state index in [9.17, 15) is 9.90 Å². The van der Waals surface area contributed by atoms with Gasteiger partial charge in [-0.25, -0.2) is 4.79 Å². The molecule has 2 fully saturated rings. The second-order valence-electron chi connectivity index (χ2n) is 10.8. The standard InChI is InChI=1S/C29H49N3O3S/c1-30-21-26(19-23-11-5-4-6-12-23)31-28(33)32-17-10-14-25(22-32)29(34,16-7-8-18-35-2)24-13-9-15-27(20-24)36-3/h9,13,15,20,23,25-26,30,34H,4-8,10-12,14,16-19,21-22H2,1-3H3,(H,31,33)/t25-,26+,29-/m1/s1. The third-order valence-electron chi connectivity index (χ3n) is 8.23. The van der Waals surface area contributed by atoms with Gasteiger partial charge >= 0.3 is 6.03 Å². The van der Waals surface area contributed by atoms with Gasteiger partial charge in [-0.1, -0.05) is 44.2 Å². The maximum absolute atomic E-state index is 13.4. The van der Waals surface area contributed by atoms with Crippen LogP contribution in [0, 0.1) is 11.8 Å². The number of likely N-dealkylation sites (N-methyl/N-ethyl adjacent to an activating group) is 1. The van der Waals surface area contributed by atoms with Crippen molar-refractivity contribution in [2.45, 2.75) is 87.2 Å². The molecule has 7 heteroatoms. The Kier molecular flexibility index (Phi) is 12.4. The molecule has 1 aliphatic heterocycles. The van der Waals surface area contributed by atoms with Gasteiger partial charge in [0.25, 0.3) is 0 Å². The minimum Gasteiger partial charge on any atom is -0.385 e. The number of nitrogens with zero attached hydrogens (tertiary/aromatic N) is 1. The molecule has 204 valence electrons. The van der Waals surface area contributed by atoms with Crippen LogP contribution in [0.2, 0.25) is 0 Å². The monoisotopic (exact) mass is 519 g/mol. The molecule has 0 aromatic heterocycles. The molecule has 0 unspecified atom stereocenters. The van der Waals surface area contributed by atoms with E-state index in [1.807, 2.05) is 18.0 Å². The van der Waals surface area contributed by atoms with Crippen LogP contribution in [-0.2, 0) is 10.3 Å². The summed E-state index contributed by atoms with van der Waals surface area (Å²) in [5.74, 6) is 0.727. The van der Waals surface area contributed by atoms with E-state index in [0.29, 0.717) is 25.5 Å². The Hall–Kier alpha value is -1.28. The van der Waals surface area contributed by atoms with Gasteiger partial charge < -0.3 is 25.4 Å². The third-order valence-corrected chi connectivity index (χ3v) is 8.96. The minimum atomic E-state index is -0.953. The van der Waals surface area contributed by atoms with Gasteiger partial charge in [-0.2, -0.15) is 0 Å². The number of carbonyl (C=O) groups is 1. The summed E-state index contributed by atoms with van der Waals surface area (Å²) in [6.07, 6.45) is 14.0. The largest absolute Gasteiger partial charge is 0.385 e. The zero-order valence-electron chi connectivity index (χ0n) is 22.8. The first kappa shape index (κ1) is 29.3. The van der Waals surface area contributed by atoms with Crippen molar-refractivity contribution >= 4 is 17.8 Å². The van der Waals surface area contributed by atoms with Crippen molar-refractivity contribution in [1.82, 2.24) is 15.5 Å². The van der Waals surface area contributed by atoms with E-state index >= 15 is 0 Å². The van der Waals surface area contributed by atoms with Crippen LogP contribution in [0.1, 0.15) is 76.2 Å². The number of aliphatic hydroxyl groups is 1. The smallest absolute Gasteiger partial charge is 0.317 e. The Morgan fingerprint density at radius 2 is 2.03 bits per heavy atom. The summed E-state index contributed by atoms with van der Waals surface area (Å²) in [5.41, 5.74) is 0.0228. The van der Waals surface area contributed by atoms with Crippen molar-refractivity contribution in [3.05, 3.63) is 29.8 Å². The van der Waals surface area contributed by atoms with Crippen LogP contribution >= 0.6 is 11.8 Å². The number of amides is 2. The predicted molar refractivity (Wildman–Crippen MR) is 150 cm³/mol. The van der Waals surface area contributed by atoms with E-state index in [1.54, 1.807) is 18.9 Å². The first-order valence-corrected chi connectivity index (χ1v) is 15.3. The Morgan fingerprint density at radius 1 is 1.22 bits per heavy atom. The van der Waals surface area contributed by atoms with Gasteiger partial charge in [0.05, 0.1) is 5.60 Å². The molecule has 1 heterocycles. The van der Waals surface area contributed by atoms with Gasteiger partial charge in [-0.3, -0.25) is 0 Å². The van der Waals surface area contributed by atoms with E-state index in [-0.39, 0.29) is 18.0 Å². The molecule has 0 spiro atoms. The van der Waals surface area contributed by atoms with Crippen LogP contribution in [0.25, 0.3) is 0 Å². The fourth-order valence-electron chi connectivity index (χ4n) is 6.20. The summed E-state index contributed by atoms with van der Waals surface area (Å²) >= 11 is 1.70. The molecule has 0 radical (unpaired) electrons. The van der Waals surface area contributed by atoms with Crippen LogP contribution in [0.5, 0.6) is 0 Å². The second-order valence-corrected chi connectivity index (χ2v) is 11.7. The van der Waals surface area contributed by atoms with Crippen molar-refractivity contribution in [3.8, 4) is 0 Å². The first-order chi connectivity index (χ1) is 17.5. The number of likely N-dealkylation sites (tertiary alicyclic amines) is 1. The zero-order valence-corrected chi connectivity index (χ0v) is 23.6. The van der Waals surface area contributed by atoms with Crippen LogP contribution in [0.15, 0.2) is 29.2 Å². The van der Waals surface area contributed by atoms with Gasteiger partial charge in [0.2, 0.25) is 0 Å². The molecule has 2 aliphatic rings. The number of piperidine rings is 1. The molecule has 1 aliphatic carbocycles. The highest BCUT2D eigenvalue weighted by molar-refractivity contribution is 7.98. The first-order valence-electron chi connectivity index (χ1n) is 14.1. The minimum absolute atomic E-state index is 0.0118. The van der Waals surface area contributed by atoms with Gasteiger partial charge in [0.1, 0.15) is 0 Å². The Balaban J connectivity index is 1.70. The highest BCUT2D eigenvalue weighted by atomic mass is 32.2. The summed E-state index contributed by atoms with van der Waals surface area (Å²) in [4.78, 5) is 16.5. The van der Waals surface area contributed by atoms with Crippen LogP contribution in [0.4, 0.5) is 4.79 Å². The lowest BCUT2D eigenvalue weighted by atomic mass is 9.74. The quantitative estimate of drug-likeness (QED) is 0.241. The number of urea groups is 1. The summed E-state index contributed by atoms with van der Waals surface area (Å²) in [5, 5.41) is 18.8. The van der Waals surface area contributed by atoms with E-state index in [1.165, 1.54) is 32.1 Å². The normalized spacial score (nSPS) is 21.7. The molecular formula is C29H49N3O3S.